The van der Waals surface area contributed by atoms with E-state index in [1.807, 2.05) is 42.6 Å². The highest BCUT2D eigenvalue weighted by Crippen LogP contribution is 2.43. The Hall–Kier alpha value is -1.01. The molecule has 2 heterocycles. The van der Waals surface area contributed by atoms with Crippen LogP contribution in [0, 0.1) is 0 Å². The van der Waals surface area contributed by atoms with E-state index in [0.29, 0.717) is 11.9 Å². The number of imidazole rings is 1. The minimum Gasteiger partial charge on any atom is -0.344 e. The number of aromatic nitrogens is 2. The van der Waals surface area contributed by atoms with E-state index in [9.17, 15) is 0 Å². The fourth-order valence-corrected chi connectivity index (χ4v) is 5.76. The number of ether oxygens (including phenoxy) is 2. The molecule has 2 aliphatic rings. The molecule has 1 aliphatic carbocycles. The maximum atomic E-state index is 6.65. The Morgan fingerprint density at radius 1 is 1.25 bits per heavy atom. The lowest BCUT2D eigenvalue weighted by Crippen LogP contribution is -2.40. The van der Waals surface area contributed by atoms with Crippen molar-refractivity contribution in [1.29, 1.82) is 0 Å². The molecule has 152 valence electrons. The first-order valence-electron chi connectivity index (χ1n) is 10.3. The van der Waals surface area contributed by atoms with Crippen LogP contribution in [0.4, 0.5) is 0 Å². The summed E-state index contributed by atoms with van der Waals surface area (Å²) in [5.41, 5.74) is 1.36. The molecule has 6 heteroatoms. The number of halogens is 1. The molecule has 3 atom stereocenters. The van der Waals surface area contributed by atoms with Gasteiger partial charge in [-0.15, -0.1) is 11.8 Å². The van der Waals surface area contributed by atoms with Crippen LogP contribution in [0.2, 0.25) is 5.02 Å². The average Bonchev–Trinajstić information content (AvgIpc) is 3.39. The van der Waals surface area contributed by atoms with E-state index in [-0.39, 0.29) is 11.5 Å². The molecule has 2 aromatic rings. The lowest BCUT2D eigenvalue weighted by atomic mass is 9.99. The zero-order valence-corrected chi connectivity index (χ0v) is 18.0. The van der Waals surface area contributed by atoms with Crippen LogP contribution in [0.3, 0.4) is 0 Å². The van der Waals surface area contributed by atoms with E-state index < -0.39 is 5.79 Å². The largest absolute Gasteiger partial charge is 0.344 e. The SMILES string of the molecule is CC(n1ccnc1)[C@]1(CCc2ccc(Cl)cc2)OC[C@H](SC2CCCCC2)O1. The Kier molecular flexibility index (Phi) is 6.66. The Morgan fingerprint density at radius 2 is 2.04 bits per heavy atom. The van der Waals surface area contributed by atoms with Crippen molar-refractivity contribution in [3.63, 3.8) is 0 Å². The Labute approximate surface area is 177 Å². The lowest BCUT2D eigenvalue weighted by molar-refractivity contribution is -0.193. The number of aryl methyl sites for hydroxylation is 1. The van der Waals surface area contributed by atoms with Gasteiger partial charge in [0.15, 0.2) is 5.79 Å². The van der Waals surface area contributed by atoms with Gasteiger partial charge in [0.05, 0.1) is 19.0 Å². The zero-order chi connectivity index (χ0) is 19.4. The molecule has 0 N–H and O–H groups in total. The van der Waals surface area contributed by atoms with Gasteiger partial charge in [0.25, 0.3) is 0 Å². The van der Waals surface area contributed by atoms with E-state index in [1.54, 1.807) is 0 Å². The first kappa shape index (κ1) is 20.3. The van der Waals surface area contributed by atoms with Gasteiger partial charge in [-0.1, -0.05) is 43.0 Å². The van der Waals surface area contributed by atoms with Gasteiger partial charge in [-0.05, 0) is 43.9 Å². The average molecular weight is 421 g/mol. The number of hydrogen-bond acceptors (Lipinski definition) is 4. The predicted molar refractivity (Wildman–Crippen MR) is 115 cm³/mol. The molecule has 0 amide bonds. The summed E-state index contributed by atoms with van der Waals surface area (Å²) in [6.07, 6.45) is 14.0. The molecule has 4 nitrogen and oxygen atoms in total. The molecule has 1 aromatic heterocycles. The zero-order valence-electron chi connectivity index (χ0n) is 16.4. The number of nitrogens with zero attached hydrogens (tertiary/aromatic N) is 2. The van der Waals surface area contributed by atoms with Crippen molar-refractivity contribution in [2.75, 3.05) is 6.61 Å². The van der Waals surface area contributed by atoms with Crippen LogP contribution in [-0.2, 0) is 15.9 Å². The minimum atomic E-state index is -0.632. The first-order valence-corrected chi connectivity index (χ1v) is 11.7. The third-order valence-electron chi connectivity index (χ3n) is 5.98. The van der Waals surface area contributed by atoms with Gasteiger partial charge in [-0.25, -0.2) is 4.98 Å². The van der Waals surface area contributed by atoms with Gasteiger partial charge in [0, 0.05) is 29.1 Å². The first-order chi connectivity index (χ1) is 13.6. The fourth-order valence-electron chi connectivity index (χ4n) is 4.24. The molecule has 4 rings (SSSR count). The molecular formula is C22H29ClN2O2S. The molecule has 1 aromatic carbocycles. The molecule has 28 heavy (non-hydrogen) atoms. The summed E-state index contributed by atoms with van der Waals surface area (Å²) in [7, 11) is 0. The Morgan fingerprint density at radius 3 is 2.75 bits per heavy atom. The van der Waals surface area contributed by atoms with Gasteiger partial charge >= 0.3 is 0 Å². The lowest BCUT2D eigenvalue weighted by Gasteiger charge is -2.35. The highest BCUT2D eigenvalue weighted by Gasteiger charge is 2.47. The van der Waals surface area contributed by atoms with Crippen molar-refractivity contribution in [2.45, 2.75) is 74.4 Å². The molecule has 0 bridgehead atoms. The van der Waals surface area contributed by atoms with Crippen LogP contribution < -0.4 is 0 Å². The molecule has 1 unspecified atom stereocenters. The monoisotopic (exact) mass is 420 g/mol. The number of rotatable bonds is 7. The van der Waals surface area contributed by atoms with E-state index in [1.165, 1.54) is 37.7 Å². The summed E-state index contributed by atoms with van der Waals surface area (Å²) < 4.78 is 15.1. The van der Waals surface area contributed by atoms with Crippen LogP contribution >= 0.6 is 23.4 Å². The predicted octanol–water partition coefficient (Wildman–Crippen LogP) is 5.87. The second kappa shape index (κ2) is 9.21. The third kappa shape index (κ3) is 4.76. The molecule has 0 spiro atoms. The summed E-state index contributed by atoms with van der Waals surface area (Å²) in [6, 6.07) is 8.11. The van der Waals surface area contributed by atoms with Crippen LogP contribution in [0.1, 0.15) is 57.1 Å². The molecule has 2 fully saturated rings. The van der Waals surface area contributed by atoms with Gasteiger partial charge < -0.3 is 14.0 Å². The highest BCUT2D eigenvalue weighted by atomic mass is 35.5. The van der Waals surface area contributed by atoms with E-state index in [4.69, 9.17) is 21.1 Å². The Bertz CT molecular complexity index is 734. The standard InChI is InChI=1S/C22H29ClN2O2S/c1-17(25-14-13-24-16-25)22(12-11-18-7-9-19(23)10-8-18)26-15-21(27-22)28-20-5-3-2-4-6-20/h7-10,13-14,16-17,20-21H,2-6,11-12,15H2,1H3/t17?,21-,22+/m0/s1. The van der Waals surface area contributed by atoms with Crippen LogP contribution in [0.5, 0.6) is 0 Å². The summed E-state index contributed by atoms with van der Waals surface area (Å²) >= 11 is 8.01. The molecule has 1 saturated carbocycles. The normalized spacial score (nSPS) is 27.1. The van der Waals surface area contributed by atoms with Crippen LogP contribution in [0.25, 0.3) is 0 Å². The third-order valence-corrected chi connectivity index (χ3v) is 7.62. The molecular weight excluding hydrogens is 392 g/mol. The maximum absolute atomic E-state index is 6.65. The second-order valence-corrected chi connectivity index (χ2v) is 9.78. The number of thioether (sulfide) groups is 1. The van der Waals surface area contributed by atoms with Gasteiger partial charge in [0.1, 0.15) is 5.44 Å². The summed E-state index contributed by atoms with van der Waals surface area (Å²) in [5, 5.41) is 1.47. The van der Waals surface area contributed by atoms with Crippen LogP contribution in [0.15, 0.2) is 43.0 Å². The molecule has 1 saturated heterocycles. The van der Waals surface area contributed by atoms with Crippen molar-refractivity contribution in [1.82, 2.24) is 9.55 Å². The summed E-state index contributed by atoms with van der Waals surface area (Å²) in [5.74, 6) is -0.632. The van der Waals surface area contributed by atoms with Gasteiger partial charge in [0.2, 0.25) is 0 Å². The fraction of sp³-hybridized carbons (Fsp3) is 0.591. The maximum Gasteiger partial charge on any atom is 0.190 e. The Balaban J connectivity index is 1.46. The van der Waals surface area contributed by atoms with E-state index in [2.05, 4.69) is 28.6 Å². The topological polar surface area (TPSA) is 36.3 Å². The van der Waals surface area contributed by atoms with Crippen LogP contribution in [-0.4, -0.2) is 32.6 Å². The number of benzene rings is 1. The van der Waals surface area contributed by atoms with Crippen molar-refractivity contribution in [2.24, 2.45) is 0 Å². The van der Waals surface area contributed by atoms with Gasteiger partial charge in [-0.2, -0.15) is 0 Å². The van der Waals surface area contributed by atoms with Crippen molar-refractivity contribution in [3.05, 3.63) is 53.6 Å². The van der Waals surface area contributed by atoms with Crippen molar-refractivity contribution < 1.29 is 9.47 Å². The van der Waals surface area contributed by atoms with Crippen molar-refractivity contribution >= 4 is 23.4 Å². The summed E-state index contributed by atoms with van der Waals surface area (Å²) in [4.78, 5) is 4.22. The van der Waals surface area contributed by atoms with Gasteiger partial charge in [-0.3, -0.25) is 0 Å². The highest BCUT2D eigenvalue weighted by molar-refractivity contribution is 8.00. The van der Waals surface area contributed by atoms with E-state index in [0.717, 1.165) is 17.9 Å². The molecule has 1 aliphatic heterocycles. The molecule has 0 radical (unpaired) electrons. The number of hydrogen-bond donors (Lipinski definition) is 0. The van der Waals surface area contributed by atoms with Crippen molar-refractivity contribution in [3.8, 4) is 0 Å². The minimum absolute atomic E-state index is 0.0549. The second-order valence-electron chi connectivity index (χ2n) is 7.88. The quantitative estimate of drug-likeness (QED) is 0.561. The summed E-state index contributed by atoms with van der Waals surface area (Å²) in [6.45, 7) is 2.82. The smallest absolute Gasteiger partial charge is 0.190 e. The van der Waals surface area contributed by atoms with E-state index >= 15 is 0 Å².